The quantitative estimate of drug-likeness (QED) is 0.844. The van der Waals surface area contributed by atoms with E-state index in [-0.39, 0.29) is 23.2 Å². The van der Waals surface area contributed by atoms with Gasteiger partial charge in [-0.05, 0) is 49.4 Å². The fourth-order valence-corrected chi connectivity index (χ4v) is 3.13. The second kappa shape index (κ2) is 5.78. The van der Waals surface area contributed by atoms with Crippen molar-refractivity contribution in [2.45, 2.75) is 27.7 Å². The molecule has 1 aromatic heterocycles. The standard InChI is InChI=1S/C18H21N3O3/c1-10(2)9-13-14(18(13,3)4)16(22)19-12-7-5-11(6-8-12)15-20-17(23)24-21-15/h5-9,13-14H,1-4H3,(H,19,22)(H,20,21,23)/t13-,14+/m0/s1. The van der Waals surface area contributed by atoms with Gasteiger partial charge in [0.05, 0.1) is 5.92 Å². The maximum Gasteiger partial charge on any atom is 0.439 e. The number of carbonyl (C=O) groups excluding carboxylic acids is 1. The van der Waals surface area contributed by atoms with Crippen LogP contribution in [0.3, 0.4) is 0 Å². The van der Waals surface area contributed by atoms with Crippen LogP contribution >= 0.6 is 0 Å². The predicted molar refractivity (Wildman–Crippen MR) is 91.4 cm³/mol. The molecule has 2 atom stereocenters. The lowest BCUT2D eigenvalue weighted by Crippen LogP contribution is -2.16. The van der Waals surface area contributed by atoms with Crippen LogP contribution in [0.15, 0.2) is 45.2 Å². The third-order valence-corrected chi connectivity index (χ3v) is 4.57. The Morgan fingerprint density at radius 3 is 2.50 bits per heavy atom. The van der Waals surface area contributed by atoms with Gasteiger partial charge >= 0.3 is 5.76 Å². The first kappa shape index (κ1) is 16.2. The van der Waals surface area contributed by atoms with Crippen molar-refractivity contribution >= 4 is 11.6 Å². The lowest BCUT2D eigenvalue weighted by molar-refractivity contribution is -0.118. The highest BCUT2D eigenvalue weighted by Gasteiger charge is 2.60. The number of carbonyl (C=O) groups is 1. The topological polar surface area (TPSA) is 88.0 Å². The molecule has 6 nitrogen and oxygen atoms in total. The Kier molecular flexibility index (Phi) is 3.91. The number of allylic oxidation sites excluding steroid dienone is 2. The predicted octanol–water partition coefficient (Wildman–Crippen LogP) is 3.21. The van der Waals surface area contributed by atoms with E-state index in [9.17, 15) is 9.59 Å². The molecule has 24 heavy (non-hydrogen) atoms. The number of hydrogen-bond donors (Lipinski definition) is 2. The molecule has 1 aliphatic rings. The van der Waals surface area contributed by atoms with E-state index >= 15 is 0 Å². The molecular formula is C18H21N3O3. The Morgan fingerprint density at radius 1 is 1.29 bits per heavy atom. The number of benzene rings is 1. The van der Waals surface area contributed by atoms with Crippen LogP contribution in [0, 0.1) is 17.3 Å². The molecule has 1 aromatic carbocycles. The molecule has 1 heterocycles. The lowest BCUT2D eigenvalue weighted by atomic mass is 10.1. The highest BCUT2D eigenvalue weighted by molar-refractivity contribution is 5.95. The molecule has 0 spiro atoms. The number of rotatable bonds is 4. The molecule has 1 aliphatic carbocycles. The first-order valence-electron chi connectivity index (χ1n) is 7.91. The van der Waals surface area contributed by atoms with E-state index in [2.05, 4.69) is 53.8 Å². The Bertz CT molecular complexity index is 839. The molecule has 0 saturated heterocycles. The summed E-state index contributed by atoms with van der Waals surface area (Å²) < 4.78 is 4.48. The van der Waals surface area contributed by atoms with Crippen LogP contribution in [0.1, 0.15) is 27.7 Å². The minimum Gasteiger partial charge on any atom is -0.326 e. The van der Waals surface area contributed by atoms with Gasteiger partial charge in [0.15, 0.2) is 5.82 Å². The molecule has 0 unspecified atom stereocenters. The molecule has 2 N–H and O–H groups in total. The largest absolute Gasteiger partial charge is 0.439 e. The van der Waals surface area contributed by atoms with E-state index < -0.39 is 5.76 Å². The van der Waals surface area contributed by atoms with Gasteiger partial charge in [-0.3, -0.25) is 14.3 Å². The number of aromatic nitrogens is 2. The Labute approximate surface area is 140 Å². The molecule has 1 fully saturated rings. The summed E-state index contributed by atoms with van der Waals surface area (Å²) in [6, 6.07) is 7.11. The smallest absolute Gasteiger partial charge is 0.326 e. The van der Waals surface area contributed by atoms with E-state index in [1.165, 1.54) is 5.57 Å². The van der Waals surface area contributed by atoms with E-state index in [1.54, 1.807) is 24.3 Å². The van der Waals surface area contributed by atoms with Crippen molar-refractivity contribution < 1.29 is 9.32 Å². The van der Waals surface area contributed by atoms with Crippen LogP contribution in [-0.2, 0) is 4.79 Å². The monoisotopic (exact) mass is 327 g/mol. The summed E-state index contributed by atoms with van der Waals surface area (Å²) in [5, 5.41) is 6.60. The van der Waals surface area contributed by atoms with Crippen molar-refractivity contribution in [1.29, 1.82) is 0 Å². The number of H-pyrrole nitrogens is 1. The number of anilines is 1. The molecule has 0 bridgehead atoms. The zero-order chi connectivity index (χ0) is 17.5. The number of amides is 1. The van der Waals surface area contributed by atoms with Gasteiger partial charge in [-0.2, -0.15) is 0 Å². The highest BCUT2D eigenvalue weighted by atomic mass is 16.5. The molecule has 2 aromatic rings. The van der Waals surface area contributed by atoms with Crippen LogP contribution in [0.4, 0.5) is 5.69 Å². The zero-order valence-electron chi connectivity index (χ0n) is 14.2. The van der Waals surface area contributed by atoms with Gasteiger partial charge in [-0.15, -0.1) is 0 Å². The summed E-state index contributed by atoms with van der Waals surface area (Å²) in [5.74, 6) is 0.0690. The van der Waals surface area contributed by atoms with Gasteiger partial charge in [0, 0.05) is 11.3 Å². The van der Waals surface area contributed by atoms with Crippen LogP contribution in [0.5, 0.6) is 0 Å². The third kappa shape index (κ3) is 3.04. The van der Waals surface area contributed by atoms with Gasteiger partial charge in [-0.1, -0.05) is 30.7 Å². The summed E-state index contributed by atoms with van der Waals surface area (Å²) >= 11 is 0. The third-order valence-electron chi connectivity index (χ3n) is 4.57. The van der Waals surface area contributed by atoms with Gasteiger partial charge in [0.25, 0.3) is 0 Å². The zero-order valence-corrected chi connectivity index (χ0v) is 14.2. The van der Waals surface area contributed by atoms with Crippen LogP contribution in [-0.4, -0.2) is 16.0 Å². The number of hydrogen-bond acceptors (Lipinski definition) is 4. The Morgan fingerprint density at radius 2 is 1.96 bits per heavy atom. The minimum absolute atomic E-state index is 0.0124. The fourth-order valence-electron chi connectivity index (χ4n) is 3.13. The lowest BCUT2D eigenvalue weighted by Gasteiger charge is -2.06. The van der Waals surface area contributed by atoms with Crippen molar-refractivity contribution in [3.05, 3.63) is 46.5 Å². The summed E-state index contributed by atoms with van der Waals surface area (Å²) in [7, 11) is 0. The van der Waals surface area contributed by atoms with E-state index in [4.69, 9.17) is 0 Å². The first-order chi connectivity index (χ1) is 11.3. The second-order valence-electron chi connectivity index (χ2n) is 7.08. The molecule has 3 rings (SSSR count). The van der Waals surface area contributed by atoms with E-state index in [0.29, 0.717) is 17.1 Å². The summed E-state index contributed by atoms with van der Waals surface area (Å²) in [6.45, 7) is 8.34. The normalized spacial score (nSPS) is 21.2. The number of aromatic amines is 1. The molecule has 0 radical (unpaired) electrons. The second-order valence-corrected chi connectivity index (χ2v) is 7.08. The minimum atomic E-state index is -0.594. The van der Waals surface area contributed by atoms with Crippen molar-refractivity contribution in [3.63, 3.8) is 0 Å². The fraction of sp³-hybridized carbons (Fsp3) is 0.389. The number of nitrogens with one attached hydrogen (secondary N) is 2. The molecule has 126 valence electrons. The van der Waals surface area contributed by atoms with Gasteiger partial charge < -0.3 is 5.32 Å². The van der Waals surface area contributed by atoms with Crippen molar-refractivity contribution in [1.82, 2.24) is 10.1 Å². The average Bonchev–Trinajstić information content (AvgIpc) is 2.82. The molecule has 0 aliphatic heterocycles. The van der Waals surface area contributed by atoms with Crippen molar-refractivity contribution in [3.8, 4) is 11.4 Å². The van der Waals surface area contributed by atoms with E-state index in [1.807, 2.05) is 0 Å². The van der Waals surface area contributed by atoms with Gasteiger partial charge in [0.1, 0.15) is 0 Å². The number of nitrogens with zero attached hydrogens (tertiary/aromatic N) is 1. The summed E-state index contributed by atoms with van der Waals surface area (Å²) in [6.07, 6.45) is 2.17. The van der Waals surface area contributed by atoms with Crippen LogP contribution in [0.25, 0.3) is 11.4 Å². The Balaban J connectivity index is 1.69. The Hall–Kier alpha value is -2.63. The van der Waals surface area contributed by atoms with Gasteiger partial charge in [0.2, 0.25) is 5.91 Å². The van der Waals surface area contributed by atoms with Crippen LogP contribution in [0.2, 0.25) is 0 Å². The molecule has 6 heteroatoms. The van der Waals surface area contributed by atoms with Crippen molar-refractivity contribution in [2.75, 3.05) is 5.32 Å². The highest BCUT2D eigenvalue weighted by Crippen LogP contribution is 2.59. The molecule has 1 amide bonds. The maximum absolute atomic E-state index is 12.5. The molecular weight excluding hydrogens is 306 g/mol. The van der Waals surface area contributed by atoms with Gasteiger partial charge in [-0.25, -0.2) is 4.79 Å². The SMILES string of the molecule is CC(C)=C[C@H]1[C@H](C(=O)Nc2ccc(-c3noc(=O)[nH]3)cc2)C1(C)C. The summed E-state index contributed by atoms with van der Waals surface area (Å²) in [5.41, 5.74) is 2.65. The van der Waals surface area contributed by atoms with Crippen LogP contribution < -0.4 is 11.1 Å². The summed E-state index contributed by atoms with van der Waals surface area (Å²) in [4.78, 5) is 26.0. The van der Waals surface area contributed by atoms with Crippen molar-refractivity contribution in [2.24, 2.45) is 17.3 Å². The maximum atomic E-state index is 12.5. The average molecular weight is 327 g/mol. The molecule has 1 saturated carbocycles. The van der Waals surface area contributed by atoms with E-state index in [0.717, 1.165) is 0 Å². The first-order valence-corrected chi connectivity index (χ1v) is 7.91.